The number of carbonyl (C=O) groups is 3. The summed E-state index contributed by atoms with van der Waals surface area (Å²) in [5, 5.41) is 15.5. The van der Waals surface area contributed by atoms with Gasteiger partial charge in [0, 0.05) is 74.4 Å². The van der Waals surface area contributed by atoms with Crippen LogP contribution < -0.4 is 20.4 Å². The SMILES string of the molecule is C[C@@H]1CC2(CCN(c3ccc(C(=O)N4CCC(CN5CCC(c6ccc(N[C@H]7CCC(=O)NC7=O)cc6)CC5)CC4)cc3)CC2)CN1c1ccc(C#N)c(Cl)c1. The van der Waals surface area contributed by atoms with Gasteiger partial charge in [0.05, 0.1) is 10.6 Å². The third-order valence-electron chi connectivity index (χ3n) is 13.4. The Morgan fingerprint density at radius 2 is 1.59 bits per heavy atom. The van der Waals surface area contributed by atoms with E-state index in [0.29, 0.717) is 41.3 Å². The number of hydrogen-bond donors (Lipinski definition) is 2. The molecule has 5 fully saturated rings. The number of benzene rings is 3. The number of hydrogen-bond acceptors (Lipinski definition) is 8. The first kappa shape index (κ1) is 38.3. The lowest BCUT2D eigenvalue weighted by Crippen LogP contribution is -2.47. The van der Waals surface area contributed by atoms with Crippen molar-refractivity contribution in [3.05, 3.63) is 88.4 Å². The van der Waals surface area contributed by atoms with Crippen molar-refractivity contribution < 1.29 is 14.4 Å². The number of nitrogens with zero attached hydrogens (tertiary/aromatic N) is 5. The summed E-state index contributed by atoms with van der Waals surface area (Å²) in [6, 6.07) is 24.8. The molecule has 5 aliphatic rings. The monoisotopic (exact) mass is 775 g/mol. The molecule has 3 aromatic carbocycles. The molecule has 5 heterocycles. The largest absolute Gasteiger partial charge is 0.374 e. The summed E-state index contributed by atoms with van der Waals surface area (Å²) >= 11 is 6.38. The Hall–Kier alpha value is -4.59. The van der Waals surface area contributed by atoms with Gasteiger partial charge in [0.1, 0.15) is 12.1 Å². The van der Waals surface area contributed by atoms with Crippen molar-refractivity contribution in [2.75, 3.05) is 67.5 Å². The van der Waals surface area contributed by atoms with Crippen LogP contribution in [0, 0.1) is 22.7 Å². The molecule has 0 unspecified atom stereocenters. The number of likely N-dealkylation sites (tertiary alicyclic amines) is 2. The highest BCUT2D eigenvalue weighted by Crippen LogP contribution is 2.46. The van der Waals surface area contributed by atoms with Crippen LogP contribution in [0.25, 0.3) is 0 Å². The molecule has 8 rings (SSSR count). The van der Waals surface area contributed by atoms with E-state index < -0.39 is 0 Å². The second kappa shape index (κ2) is 16.5. The molecule has 11 heteroatoms. The highest BCUT2D eigenvalue weighted by molar-refractivity contribution is 6.32. The van der Waals surface area contributed by atoms with Crippen molar-refractivity contribution in [2.45, 2.75) is 82.7 Å². The van der Waals surface area contributed by atoms with E-state index in [0.717, 1.165) is 114 Å². The van der Waals surface area contributed by atoms with E-state index in [-0.39, 0.29) is 29.2 Å². The number of nitrogens with one attached hydrogen (secondary N) is 2. The Kier molecular flexibility index (Phi) is 11.3. The zero-order valence-electron chi connectivity index (χ0n) is 32.5. The van der Waals surface area contributed by atoms with E-state index in [9.17, 15) is 19.6 Å². The van der Waals surface area contributed by atoms with Crippen molar-refractivity contribution >= 4 is 46.4 Å². The van der Waals surface area contributed by atoms with Gasteiger partial charge in [-0.25, -0.2) is 0 Å². The Morgan fingerprint density at radius 3 is 2.25 bits per heavy atom. The van der Waals surface area contributed by atoms with Gasteiger partial charge in [0.25, 0.3) is 5.91 Å². The van der Waals surface area contributed by atoms with Crippen LogP contribution in [-0.2, 0) is 9.59 Å². The van der Waals surface area contributed by atoms with Crippen molar-refractivity contribution in [1.82, 2.24) is 15.1 Å². The molecule has 294 valence electrons. The van der Waals surface area contributed by atoms with Gasteiger partial charge in [-0.05, 0) is 149 Å². The Labute approximate surface area is 336 Å². The summed E-state index contributed by atoms with van der Waals surface area (Å²) in [4.78, 5) is 46.7. The Morgan fingerprint density at radius 1 is 0.893 bits per heavy atom. The number of carbonyl (C=O) groups excluding carboxylic acids is 3. The van der Waals surface area contributed by atoms with Gasteiger partial charge in [0.15, 0.2) is 0 Å². The minimum atomic E-state index is -0.364. The van der Waals surface area contributed by atoms with Gasteiger partial charge in [-0.2, -0.15) is 5.26 Å². The van der Waals surface area contributed by atoms with Gasteiger partial charge in [-0.3, -0.25) is 19.7 Å². The zero-order chi connectivity index (χ0) is 38.8. The normalized spacial score (nSPS) is 23.6. The first-order chi connectivity index (χ1) is 27.1. The minimum Gasteiger partial charge on any atom is -0.374 e. The van der Waals surface area contributed by atoms with Gasteiger partial charge in [-0.15, -0.1) is 0 Å². The smallest absolute Gasteiger partial charge is 0.253 e. The van der Waals surface area contributed by atoms with Crippen LogP contribution in [-0.4, -0.2) is 92.0 Å². The van der Waals surface area contributed by atoms with E-state index in [1.54, 1.807) is 0 Å². The molecule has 10 nitrogen and oxygen atoms in total. The molecule has 0 aromatic heterocycles. The molecule has 5 saturated heterocycles. The fraction of sp³-hybridized carbons (Fsp3) is 0.511. The highest BCUT2D eigenvalue weighted by atomic mass is 35.5. The summed E-state index contributed by atoms with van der Waals surface area (Å²) in [7, 11) is 0. The summed E-state index contributed by atoms with van der Waals surface area (Å²) in [5.41, 5.74) is 6.14. The van der Waals surface area contributed by atoms with Gasteiger partial charge < -0.3 is 24.9 Å². The maximum absolute atomic E-state index is 13.5. The number of anilines is 3. The topological polar surface area (TPSA) is 112 Å². The lowest BCUT2D eigenvalue weighted by molar-refractivity contribution is -0.133. The molecular formula is C45H54ClN7O3. The molecule has 56 heavy (non-hydrogen) atoms. The summed E-state index contributed by atoms with van der Waals surface area (Å²) in [6.07, 6.45) is 8.69. The maximum Gasteiger partial charge on any atom is 0.253 e. The fourth-order valence-electron chi connectivity index (χ4n) is 10.1. The van der Waals surface area contributed by atoms with Crippen LogP contribution in [0.1, 0.15) is 92.1 Å². The molecule has 0 aliphatic carbocycles. The number of piperidine rings is 4. The lowest BCUT2D eigenvalue weighted by Gasteiger charge is -2.40. The van der Waals surface area contributed by atoms with Crippen molar-refractivity contribution in [2.24, 2.45) is 11.3 Å². The van der Waals surface area contributed by atoms with Crippen molar-refractivity contribution in [3.63, 3.8) is 0 Å². The molecular weight excluding hydrogens is 722 g/mol. The number of amides is 3. The van der Waals surface area contributed by atoms with Crippen molar-refractivity contribution in [1.29, 1.82) is 5.26 Å². The molecule has 0 radical (unpaired) electrons. The predicted octanol–water partition coefficient (Wildman–Crippen LogP) is 7.05. The van der Waals surface area contributed by atoms with E-state index >= 15 is 0 Å². The van der Waals surface area contributed by atoms with Crippen molar-refractivity contribution in [3.8, 4) is 6.07 Å². The number of nitriles is 1. The van der Waals surface area contributed by atoms with Crippen LogP contribution in [0.15, 0.2) is 66.7 Å². The standard InChI is InChI=1S/C45H54ClN7O3/c1-31-27-45(30-53(31)39-11-6-36(28-47)40(46)26-39)18-24-51(25-19-45)38-9-4-35(5-10-38)44(56)52-22-14-32(15-23-52)29-50-20-16-34(17-21-50)33-2-7-37(8-3-33)48-41-12-13-42(54)49-43(41)55/h2-11,26,31-32,34,41,48H,12-25,27,29-30H2,1H3,(H,49,54,55)/t31-,41+/m1/s1. The Bertz CT molecular complexity index is 1940. The maximum atomic E-state index is 13.5. The van der Waals surface area contributed by atoms with Crippen LogP contribution in [0.2, 0.25) is 5.02 Å². The quantitative estimate of drug-likeness (QED) is 0.235. The fourth-order valence-corrected chi connectivity index (χ4v) is 10.3. The third kappa shape index (κ3) is 8.40. The molecule has 0 bridgehead atoms. The van der Waals surface area contributed by atoms with E-state index in [1.807, 2.05) is 30.3 Å². The second-order valence-corrected chi connectivity index (χ2v) is 17.5. The second-order valence-electron chi connectivity index (χ2n) is 17.1. The van der Waals surface area contributed by atoms with Gasteiger partial charge in [0.2, 0.25) is 11.8 Å². The molecule has 2 atom stereocenters. The molecule has 0 saturated carbocycles. The molecule has 3 amide bonds. The van der Waals surface area contributed by atoms with E-state index in [2.05, 4.69) is 79.6 Å². The summed E-state index contributed by atoms with van der Waals surface area (Å²) in [5.74, 6) is 0.864. The van der Waals surface area contributed by atoms with Crippen LogP contribution in [0.3, 0.4) is 0 Å². The average Bonchev–Trinajstić information content (AvgIpc) is 3.54. The molecule has 3 aromatic rings. The lowest BCUT2D eigenvalue weighted by atomic mass is 9.76. The Balaban J connectivity index is 0.752. The van der Waals surface area contributed by atoms with Gasteiger partial charge in [-0.1, -0.05) is 23.7 Å². The van der Waals surface area contributed by atoms with E-state index in [1.165, 1.54) is 11.3 Å². The predicted molar refractivity (Wildman–Crippen MR) is 221 cm³/mol. The summed E-state index contributed by atoms with van der Waals surface area (Å²) < 4.78 is 0. The number of halogens is 1. The number of imide groups is 1. The van der Waals surface area contributed by atoms with Gasteiger partial charge >= 0.3 is 0 Å². The van der Waals surface area contributed by atoms with Crippen LogP contribution in [0.5, 0.6) is 0 Å². The minimum absolute atomic E-state index is 0.148. The molecule has 2 N–H and O–H groups in total. The number of rotatable bonds is 8. The average molecular weight is 776 g/mol. The first-order valence-electron chi connectivity index (χ1n) is 20.7. The zero-order valence-corrected chi connectivity index (χ0v) is 33.3. The first-order valence-corrected chi connectivity index (χ1v) is 21.1. The van der Waals surface area contributed by atoms with Crippen LogP contribution in [0.4, 0.5) is 17.1 Å². The third-order valence-corrected chi connectivity index (χ3v) is 13.8. The van der Waals surface area contributed by atoms with Crippen LogP contribution >= 0.6 is 11.6 Å². The molecule has 1 spiro atoms. The van der Waals surface area contributed by atoms with E-state index in [4.69, 9.17) is 11.6 Å². The molecule has 5 aliphatic heterocycles. The highest BCUT2D eigenvalue weighted by Gasteiger charge is 2.44. The summed E-state index contributed by atoms with van der Waals surface area (Å²) in [6.45, 7) is 10.3.